The van der Waals surface area contributed by atoms with E-state index in [2.05, 4.69) is 18.2 Å². The van der Waals surface area contributed by atoms with Crippen LogP contribution in [0.5, 0.6) is 11.8 Å². The Morgan fingerprint density at radius 2 is 1.49 bits per heavy atom. The highest BCUT2D eigenvalue weighted by Crippen LogP contribution is 2.46. The van der Waals surface area contributed by atoms with Gasteiger partial charge in [-0.1, -0.05) is 72.8 Å². The van der Waals surface area contributed by atoms with Crippen molar-refractivity contribution in [1.29, 1.82) is 0 Å². The first-order chi connectivity index (χ1) is 24.6. The van der Waals surface area contributed by atoms with E-state index in [1.54, 1.807) is 15.2 Å². The van der Waals surface area contributed by atoms with E-state index >= 15 is 0 Å². The molecule has 0 N–H and O–H groups in total. The summed E-state index contributed by atoms with van der Waals surface area (Å²) >= 11 is 0. The van der Waals surface area contributed by atoms with Gasteiger partial charge in [0.25, 0.3) is 0 Å². The zero-order valence-corrected chi connectivity index (χ0v) is 29.9. The highest BCUT2D eigenvalue weighted by atomic mass is 16.6. The van der Waals surface area contributed by atoms with Crippen LogP contribution in [0.15, 0.2) is 102 Å². The topological polar surface area (TPSA) is 87.8 Å². The minimum absolute atomic E-state index is 0.181. The first-order valence-corrected chi connectivity index (χ1v) is 17.8. The van der Waals surface area contributed by atoms with Crippen molar-refractivity contribution in [3.05, 3.63) is 124 Å². The van der Waals surface area contributed by atoms with Crippen LogP contribution in [0.1, 0.15) is 69.6 Å². The predicted octanol–water partition coefficient (Wildman–Crippen LogP) is 8.47. The number of hydrogen-bond acceptors (Lipinski definition) is 6. The molecule has 0 radical (unpaired) electrons. The molecule has 0 saturated carbocycles. The molecular weight excluding hydrogens is 640 g/mol. The van der Waals surface area contributed by atoms with Crippen LogP contribution in [-0.4, -0.2) is 43.8 Å². The van der Waals surface area contributed by atoms with Crippen LogP contribution < -0.4 is 15.2 Å². The predicted molar refractivity (Wildman–Crippen MR) is 199 cm³/mol. The summed E-state index contributed by atoms with van der Waals surface area (Å²) in [7, 11) is 1.81. The minimum Gasteiger partial charge on any atom is -0.473 e. The fourth-order valence-corrected chi connectivity index (χ4v) is 7.15. The van der Waals surface area contributed by atoms with Crippen molar-refractivity contribution in [1.82, 2.24) is 19.0 Å². The van der Waals surface area contributed by atoms with Gasteiger partial charge in [0.1, 0.15) is 24.5 Å². The number of pyridine rings is 1. The van der Waals surface area contributed by atoms with E-state index in [1.165, 1.54) is 5.57 Å². The van der Waals surface area contributed by atoms with Gasteiger partial charge in [0.05, 0.1) is 11.0 Å². The maximum absolute atomic E-state index is 13.9. The van der Waals surface area contributed by atoms with Crippen molar-refractivity contribution in [2.75, 3.05) is 13.1 Å². The SMILES string of the molecule is Cn1c(=O)n(-c2ccc(OCc3ccccc3)nc2OCc2ccccc2)c2ccc(C3=CCC4(CC3)CCN(C(=O)OC(C)(C)C)CC4)cc21. The van der Waals surface area contributed by atoms with E-state index in [0.717, 1.165) is 72.9 Å². The summed E-state index contributed by atoms with van der Waals surface area (Å²) in [6.45, 7) is 7.84. The Morgan fingerprint density at radius 1 is 0.824 bits per heavy atom. The number of rotatable bonds is 8. The third-order valence-corrected chi connectivity index (χ3v) is 10.1. The summed E-state index contributed by atoms with van der Waals surface area (Å²) in [6.07, 6.45) is 7.12. The Kier molecular flexibility index (Phi) is 9.46. The lowest BCUT2D eigenvalue weighted by Crippen LogP contribution is -2.45. The summed E-state index contributed by atoms with van der Waals surface area (Å²) in [4.78, 5) is 33.1. The molecule has 7 rings (SSSR count). The molecule has 2 aromatic heterocycles. The number of imidazole rings is 1. The number of fused-ring (bicyclic) bond motifs is 1. The number of likely N-dealkylation sites (tertiary alicyclic amines) is 1. The molecule has 9 heteroatoms. The standard InChI is InChI=1S/C42H46N4O5/c1-41(2,3)51-40(48)45-25-23-42(24-26-45)21-19-32(20-22-42)33-15-16-34-36(27-33)44(4)39(47)46(34)35-17-18-37(49-28-30-11-7-5-8-12-30)43-38(35)50-29-31-13-9-6-10-14-31/h5-19,27H,20-26,28-29H2,1-4H3. The molecule has 9 nitrogen and oxygen atoms in total. The number of benzene rings is 3. The lowest BCUT2D eigenvalue weighted by atomic mass is 9.68. The Balaban J connectivity index is 1.13. The summed E-state index contributed by atoms with van der Waals surface area (Å²) in [6, 6.07) is 29.7. The van der Waals surface area contributed by atoms with E-state index in [-0.39, 0.29) is 17.2 Å². The molecule has 1 aliphatic heterocycles. The molecule has 3 aromatic carbocycles. The second-order valence-corrected chi connectivity index (χ2v) is 14.8. The molecule has 0 atom stereocenters. The van der Waals surface area contributed by atoms with Crippen LogP contribution in [0.4, 0.5) is 4.79 Å². The first-order valence-electron chi connectivity index (χ1n) is 17.8. The molecule has 3 heterocycles. The zero-order valence-electron chi connectivity index (χ0n) is 29.9. The third kappa shape index (κ3) is 7.58. The average Bonchev–Trinajstić information content (AvgIpc) is 3.38. The van der Waals surface area contributed by atoms with Gasteiger partial charge in [-0.25, -0.2) is 9.59 Å². The van der Waals surface area contributed by atoms with Crippen LogP contribution in [-0.2, 0) is 25.0 Å². The number of nitrogens with zero attached hydrogens (tertiary/aromatic N) is 4. The van der Waals surface area contributed by atoms with E-state index in [1.807, 2.05) is 106 Å². The van der Waals surface area contributed by atoms with Gasteiger partial charge >= 0.3 is 11.8 Å². The summed E-state index contributed by atoms with van der Waals surface area (Å²) in [5, 5.41) is 0. The highest BCUT2D eigenvalue weighted by molar-refractivity contribution is 5.83. The number of allylic oxidation sites excluding steroid dienone is 2. The molecule has 0 bridgehead atoms. The van der Waals surface area contributed by atoms with Gasteiger partial charge in [-0.05, 0) is 98.8 Å². The number of hydrogen-bond donors (Lipinski definition) is 0. The van der Waals surface area contributed by atoms with Crippen molar-refractivity contribution in [2.24, 2.45) is 12.5 Å². The highest BCUT2D eigenvalue weighted by Gasteiger charge is 2.38. The number of amides is 1. The molecule has 1 aliphatic carbocycles. The van der Waals surface area contributed by atoms with Crippen molar-refractivity contribution in [3.63, 3.8) is 0 Å². The van der Waals surface area contributed by atoms with Gasteiger partial charge in [-0.2, -0.15) is 4.98 Å². The molecule has 264 valence electrons. The molecule has 1 fully saturated rings. The van der Waals surface area contributed by atoms with Crippen LogP contribution in [0.25, 0.3) is 22.3 Å². The molecule has 1 amide bonds. The van der Waals surface area contributed by atoms with Gasteiger partial charge in [0.15, 0.2) is 0 Å². The number of ether oxygens (including phenoxy) is 3. The normalized spacial score (nSPS) is 15.8. The van der Waals surface area contributed by atoms with Crippen molar-refractivity contribution in [2.45, 2.75) is 71.7 Å². The van der Waals surface area contributed by atoms with Crippen LogP contribution >= 0.6 is 0 Å². The second-order valence-electron chi connectivity index (χ2n) is 14.8. The Bertz CT molecular complexity index is 2100. The Morgan fingerprint density at radius 3 is 2.12 bits per heavy atom. The van der Waals surface area contributed by atoms with Crippen LogP contribution in [0.2, 0.25) is 0 Å². The van der Waals surface area contributed by atoms with E-state index in [9.17, 15) is 9.59 Å². The number of aryl methyl sites for hydroxylation is 1. The lowest BCUT2D eigenvalue weighted by Gasteiger charge is -2.43. The van der Waals surface area contributed by atoms with Crippen molar-refractivity contribution in [3.8, 4) is 17.4 Å². The first kappa shape index (κ1) is 34.2. The maximum Gasteiger partial charge on any atom is 0.410 e. The van der Waals surface area contributed by atoms with Crippen LogP contribution in [0.3, 0.4) is 0 Å². The van der Waals surface area contributed by atoms with Gasteiger partial charge in [-0.3, -0.25) is 9.13 Å². The second kappa shape index (κ2) is 14.1. The largest absolute Gasteiger partial charge is 0.473 e. The molecule has 1 spiro atoms. The van der Waals surface area contributed by atoms with Crippen molar-refractivity contribution >= 4 is 22.7 Å². The Labute approximate surface area is 299 Å². The smallest absolute Gasteiger partial charge is 0.410 e. The molecule has 5 aromatic rings. The summed E-state index contributed by atoms with van der Waals surface area (Å²) < 4.78 is 21.3. The number of carbonyl (C=O) groups is 1. The van der Waals surface area contributed by atoms with Gasteiger partial charge in [0.2, 0.25) is 11.8 Å². The fourth-order valence-electron chi connectivity index (χ4n) is 7.15. The van der Waals surface area contributed by atoms with Crippen molar-refractivity contribution < 1.29 is 19.0 Å². The molecule has 0 unspecified atom stereocenters. The lowest BCUT2D eigenvalue weighted by molar-refractivity contribution is 0.00896. The number of piperidine rings is 1. The number of aromatic nitrogens is 3. The summed E-state index contributed by atoms with van der Waals surface area (Å²) in [5.74, 6) is 0.736. The van der Waals surface area contributed by atoms with E-state index < -0.39 is 5.60 Å². The zero-order chi connectivity index (χ0) is 35.6. The van der Waals surface area contributed by atoms with Crippen LogP contribution in [0, 0.1) is 5.41 Å². The maximum atomic E-state index is 13.9. The van der Waals surface area contributed by atoms with E-state index in [4.69, 9.17) is 19.2 Å². The van der Waals surface area contributed by atoms with E-state index in [0.29, 0.717) is 30.7 Å². The molecular formula is C42H46N4O5. The molecule has 51 heavy (non-hydrogen) atoms. The molecule has 1 saturated heterocycles. The van der Waals surface area contributed by atoms with Gasteiger partial charge < -0.3 is 19.1 Å². The monoisotopic (exact) mass is 686 g/mol. The third-order valence-electron chi connectivity index (χ3n) is 10.1. The summed E-state index contributed by atoms with van der Waals surface area (Å²) in [5.41, 5.74) is 6.15. The average molecular weight is 687 g/mol. The number of carbonyl (C=O) groups excluding carboxylic acids is 1. The van der Waals surface area contributed by atoms with Gasteiger partial charge in [0, 0.05) is 26.2 Å². The van der Waals surface area contributed by atoms with Gasteiger partial charge in [-0.15, -0.1) is 0 Å². The Hall–Kier alpha value is -5.31. The fraction of sp³-hybridized carbons (Fsp3) is 0.357. The minimum atomic E-state index is -0.488. The quantitative estimate of drug-likeness (QED) is 0.163. The molecule has 2 aliphatic rings.